The van der Waals surface area contributed by atoms with Crippen LogP contribution in [0.25, 0.3) is 31.9 Å². The van der Waals surface area contributed by atoms with Gasteiger partial charge in [-0.3, -0.25) is 43.4 Å². The number of aromatic nitrogens is 2. The Labute approximate surface area is 594 Å². The Morgan fingerprint density at radius 2 is 1.48 bits per heavy atom. The Morgan fingerprint density at radius 1 is 0.802 bits per heavy atom. The number of anilines is 3. The van der Waals surface area contributed by atoms with E-state index in [1.165, 1.54) is 58.3 Å². The molecule has 0 spiro atoms. The molecule has 101 heavy (non-hydrogen) atoms. The highest BCUT2D eigenvalue weighted by Gasteiger charge is 2.39. The number of hydrogen-bond donors (Lipinski definition) is 7. The molecule has 3 aromatic heterocycles. The predicted molar refractivity (Wildman–Crippen MR) is 387 cm³/mol. The quantitative estimate of drug-likeness (QED) is 0.0125. The summed E-state index contributed by atoms with van der Waals surface area (Å²) < 4.78 is 18.7. The molecule has 28 heteroatoms. The van der Waals surface area contributed by atoms with Crippen LogP contribution in [0.2, 0.25) is 0 Å². The van der Waals surface area contributed by atoms with Crippen molar-refractivity contribution in [3.8, 4) is 11.5 Å². The first-order valence-corrected chi connectivity index (χ1v) is 35.4. The van der Waals surface area contributed by atoms with Crippen LogP contribution in [0.4, 0.5) is 31.4 Å². The van der Waals surface area contributed by atoms with Crippen LogP contribution in [-0.2, 0) is 35.3 Å². The number of imide groups is 2. The molecular weight excluding hydrogens is 1330 g/mol. The summed E-state index contributed by atoms with van der Waals surface area (Å²) in [7, 11) is 3.16. The zero-order chi connectivity index (χ0) is 72.4. The number of likely N-dealkylation sites (tertiary alicyclic amines) is 1. The highest BCUT2D eigenvalue weighted by molar-refractivity contribution is 7.17. The van der Waals surface area contributed by atoms with Crippen LogP contribution in [0.1, 0.15) is 123 Å². The van der Waals surface area contributed by atoms with Crippen LogP contribution < -0.4 is 46.7 Å². The summed E-state index contributed by atoms with van der Waals surface area (Å²) in [5.74, 6) is -2.71. The van der Waals surface area contributed by atoms with Crippen LogP contribution in [0, 0.1) is 18.3 Å². The number of ether oxygens (including phenoxy) is 3. The maximum atomic E-state index is 14.7. The van der Waals surface area contributed by atoms with E-state index in [9.17, 15) is 47.9 Å². The molecule has 536 valence electrons. The zero-order valence-corrected chi connectivity index (χ0v) is 59.5. The third-order valence-electron chi connectivity index (χ3n) is 18.3. The van der Waals surface area contributed by atoms with Gasteiger partial charge in [-0.2, -0.15) is 0 Å². The summed E-state index contributed by atoms with van der Waals surface area (Å²) in [6, 6.07) is 18.9. The number of urea groups is 1. The molecule has 0 unspecified atom stereocenters. The summed E-state index contributed by atoms with van der Waals surface area (Å²) in [4.78, 5) is 149. The van der Waals surface area contributed by atoms with Gasteiger partial charge >= 0.3 is 18.2 Å². The number of unbranched alkanes of at least 4 members (excludes halogenated alkanes) is 2. The smallest absolute Gasteiger partial charge is 0.415 e. The number of primary amides is 1. The zero-order valence-electron chi connectivity index (χ0n) is 57.9. The molecule has 0 aliphatic carbocycles. The first-order valence-electron chi connectivity index (χ1n) is 34.0. The summed E-state index contributed by atoms with van der Waals surface area (Å²) in [5.41, 5.74) is 16.6. The Morgan fingerprint density at radius 3 is 2.16 bits per heavy atom. The van der Waals surface area contributed by atoms with Crippen molar-refractivity contribution in [3.63, 3.8) is 0 Å². The Balaban J connectivity index is 0.717. The number of nitrogens with one attached hydrogen (secondary N) is 5. The lowest BCUT2D eigenvalue weighted by molar-refractivity contribution is -0.137. The van der Waals surface area contributed by atoms with E-state index < -0.39 is 59.4 Å². The average molecular weight is 1420 g/mol. The highest BCUT2D eigenvalue weighted by atomic mass is 35.5. The normalized spacial score (nSPS) is 15.1. The van der Waals surface area contributed by atoms with Crippen molar-refractivity contribution in [1.82, 2.24) is 40.2 Å². The number of carbonyl (C=O) groups excluding carboxylic acids is 10. The SMILES string of the molecule is Cc1csc2c(OC(=O)N(C)CC(C)(C)CN(C)C(=O)OCc3ccc(N(C(N)=O)C(=O)[C@H](CCCN)NC(=O)[C@@H](NC(=O)CCCCCN4C(=O)C=CC4=O)C(C)C)cc3)cc3c(c12)[C@@H](CCl)CN3C(=O)c1cc2cc(NC(=O)c3cc4cc(OCCN5CCCC5)ccc4[nH]3)ccc2[nH]1. The van der Waals surface area contributed by atoms with E-state index in [4.69, 9.17) is 37.3 Å². The van der Waals surface area contributed by atoms with Gasteiger partial charge in [0.1, 0.15) is 42.4 Å². The number of H-pyrrole nitrogens is 2. The lowest BCUT2D eigenvalue weighted by Crippen LogP contribution is -2.57. The van der Waals surface area contributed by atoms with Crippen molar-refractivity contribution >= 4 is 131 Å². The van der Waals surface area contributed by atoms with Crippen LogP contribution in [0.15, 0.2) is 96.4 Å². The van der Waals surface area contributed by atoms with Gasteiger partial charge in [0.2, 0.25) is 11.8 Å². The fraction of sp³-hybridized carbons (Fsp3) is 0.425. The minimum Gasteiger partial charge on any atom is -0.492 e. The Kier molecular flexibility index (Phi) is 23.9. The molecule has 9 N–H and O–H groups in total. The number of nitrogens with two attached hydrogens (primary N) is 2. The minimum atomic E-state index is -1.26. The molecule has 0 radical (unpaired) electrons. The maximum Gasteiger partial charge on any atom is 0.415 e. The Bertz CT molecular complexity index is 4290. The van der Waals surface area contributed by atoms with Crippen LogP contribution in [-0.4, -0.2) is 180 Å². The van der Waals surface area contributed by atoms with Crippen molar-refractivity contribution in [2.45, 2.75) is 111 Å². The van der Waals surface area contributed by atoms with Gasteiger partial charge in [-0.1, -0.05) is 46.2 Å². The molecule has 0 bridgehead atoms. The first kappa shape index (κ1) is 73.9. The molecule has 26 nitrogen and oxygen atoms in total. The van der Waals surface area contributed by atoms with Crippen molar-refractivity contribution in [2.24, 2.45) is 22.8 Å². The molecule has 7 aromatic rings. The minimum absolute atomic E-state index is 0.0444. The van der Waals surface area contributed by atoms with Crippen molar-refractivity contribution in [3.05, 3.63) is 124 Å². The number of nitrogens with zero attached hydrogens (tertiary/aromatic N) is 6. The highest BCUT2D eigenvalue weighted by Crippen LogP contribution is 2.49. The molecule has 1 saturated heterocycles. The molecule has 4 aromatic carbocycles. The van der Waals surface area contributed by atoms with Gasteiger partial charge in [0.15, 0.2) is 5.75 Å². The molecule has 0 saturated carbocycles. The second kappa shape index (κ2) is 32.7. The number of carbonyl (C=O) groups is 10. The fourth-order valence-corrected chi connectivity index (χ4v) is 14.5. The molecule has 3 atom stereocenters. The fourth-order valence-electron chi connectivity index (χ4n) is 13.2. The average Bonchev–Trinajstić information content (AvgIpc) is 1.58. The third-order valence-corrected chi connectivity index (χ3v) is 19.8. The van der Waals surface area contributed by atoms with E-state index in [0.717, 1.165) is 67.3 Å². The van der Waals surface area contributed by atoms with Gasteiger partial charge in [0.05, 0.1) is 16.1 Å². The van der Waals surface area contributed by atoms with E-state index in [1.807, 2.05) is 44.4 Å². The number of aryl methyl sites for hydroxylation is 1. The van der Waals surface area contributed by atoms with Gasteiger partial charge in [0.25, 0.3) is 29.5 Å². The van der Waals surface area contributed by atoms with Gasteiger partial charge < -0.3 is 66.3 Å². The van der Waals surface area contributed by atoms with Crippen molar-refractivity contribution < 1.29 is 62.2 Å². The maximum absolute atomic E-state index is 14.7. The molecule has 3 aliphatic rings. The van der Waals surface area contributed by atoms with E-state index in [1.54, 1.807) is 81.4 Å². The van der Waals surface area contributed by atoms with E-state index in [-0.39, 0.29) is 105 Å². The van der Waals surface area contributed by atoms with Gasteiger partial charge in [0, 0.05) is 122 Å². The third kappa shape index (κ3) is 17.8. The lowest BCUT2D eigenvalue weighted by atomic mass is 9.92. The van der Waals surface area contributed by atoms with Crippen LogP contribution >= 0.6 is 22.9 Å². The second-order valence-corrected chi connectivity index (χ2v) is 28.4. The predicted octanol–water partition coefficient (Wildman–Crippen LogP) is 9.87. The largest absolute Gasteiger partial charge is 0.492 e. The summed E-state index contributed by atoms with van der Waals surface area (Å²) in [6.07, 6.45) is 5.42. The summed E-state index contributed by atoms with van der Waals surface area (Å²) >= 11 is 8.10. The van der Waals surface area contributed by atoms with Crippen LogP contribution in [0.5, 0.6) is 11.5 Å². The number of rotatable bonds is 30. The van der Waals surface area contributed by atoms with E-state index in [2.05, 4.69) is 30.8 Å². The number of benzene rings is 4. The summed E-state index contributed by atoms with van der Waals surface area (Å²) in [6.45, 7) is 13.6. The number of amides is 11. The number of hydrogen-bond acceptors (Lipinski definition) is 16. The number of aromatic amines is 2. The lowest BCUT2D eigenvalue weighted by Gasteiger charge is -2.33. The molecule has 11 amide bonds. The molecular formula is C73H88ClN13O13S. The van der Waals surface area contributed by atoms with Crippen LogP contribution in [0.3, 0.4) is 0 Å². The molecule has 6 heterocycles. The molecule has 3 aliphatic heterocycles. The second-order valence-electron chi connectivity index (χ2n) is 27.2. The molecule has 1 fully saturated rings. The molecule has 10 rings (SSSR count). The number of halogens is 1. The van der Waals surface area contributed by atoms with E-state index >= 15 is 0 Å². The Hall–Kier alpha value is -9.83. The van der Waals surface area contributed by atoms with Crippen molar-refractivity contribution in [2.75, 3.05) is 94.1 Å². The van der Waals surface area contributed by atoms with Gasteiger partial charge in [-0.05, 0) is 154 Å². The number of fused-ring (bicyclic) bond motifs is 5. The topological polar surface area (TPSA) is 338 Å². The first-order chi connectivity index (χ1) is 48.3. The van der Waals surface area contributed by atoms with E-state index in [0.29, 0.717) is 65.1 Å². The summed E-state index contributed by atoms with van der Waals surface area (Å²) in [5, 5.41) is 12.8. The standard InChI is InChI=1S/C73H88ClN13O13S/c1-43(2)64(81-59(88)15-9-8-10-29-85-60(89)24-25-61(85)90)67(92)80-54(14-13-26-75)69(94)87(70(76)95)50-19-16-45(17-20-50)39-99-71(96)82(6)41-73(4,5)42-83(7)72(97)100-58-36-57-63(62-44(3)40-101-65(58)62)48(37-74)38-86(57)68(93)56-35-46-32-49(18-22-52(46)79-56)77-66(91)55-34-47-33-51(21-23-53(47)78-55)98-31-30-84-27-11-12-28-84/h16-25,32-36,40,43,48,54,64,78-79H,8-15,26-31,37-39,41-42,75H2,1-7H3,(H2,76,95)(H,77,91)(H,80,92)(H,81,88)/t48-,54-,64-/m0/s1. The number of alkyl halides is 1. The monoisotopic (exact) mass is 1420 g/mol. The van der Waals surface area contributed by atoms with Gasteiger partial charge in [-0.25, -0.2) is 19.3 Å². The number of thiophene rings is 1. The van der Waals surface area contributed by atoms with Gasteiger partial charge in [-0.15, -0.1) is 22.9 Å². The van der Waals surface area contributed by atoms with Crippen molar-refractivity contribution in [1.29, 1.82) is 0 Å².